The molecule has 2 aromatic rings. The topological polar surface area (TPSA) is 22.1 Å². The summed E-state index contributed by atoms with van der Waals surface area (Å²) in [4.78, 5) is 4.01. The number of nitrogens with zero attached hydrogens (tertiary/aromatic N) is 1. The number of hydrogen-bond donors (Lipinski definition) is 0. The first-order chi connectivity index (χ1) is 9.02. The molecule has 5 heteroatoms. The summed E-state index contributed by atoms with van der Waals surface area (Å²) in [7, 11) is 1.54. The van der Waals surface area contributed by atoms with Gasteiger partial charge < -0.3 is 4.74 Å². The number of benzene rings is 1. The molecule has 0 fully saturated rings. The summed E-state index contributed by atoms with van der Waals surface area (Å²) >= 11 is 0. The molecule has 0 atom stereocenters. The monoisotopic (exact) mass is 267 g/mol. The highest BCUT2D eigenvalue weighted by atomic mass is 19.4. The van der Waals surface area contributed by atoms with Crippen LogP contribution in [0.5, 0.6) is 0 Å². The van der Waals surface area contributed by atoms with Crippen LogP contribution in [0.4, 0.5) is 13.2 Å². The summed E-state index contributed by atoms with van der Waals surface area (Å²) in [6.07, 6.45) is -3.20. The standard InChI is InChI=1S/C14H12F3NO/c1-19-9-10-4-2-3-5-12(10)13-8-11(6-7-18-13)14(15,16)17/h2-8H,9H2,1H3. The van der Waals surface area contributed by atoms with E-state index in [9.17, 15) is 13.2 Å². The fraction of sp³-hybridized carbons (Fsp3) is 0.214. The second kappa shape index (κ2) is 5.40. The second-order valence-electron chi connectivity index (χ2n) is 4.02. The highest BCUT2D eigenvalue weighted by molar-refractivity contribution is 5.64. The predicted octanol–water partition coefficient (Wildman–Crippen LogP) is 3.91. The summed E-state index contributed by atoms with van der Waals surface area (Å²) in [6.45, 7) is 0.327. The lowest BCUT2D eigenvalue weighted by Gasteiger charge is -2.11. The molecule has 0 radical (unpaired) electrons. The number of hydrogen-bond acceptors (Lipinski definition) is 2. The molecule has 0 saturated heterocycles. The predicted molar refractivity (Wildman–Crippen MR) is 65.4 cm³/mol. The summed E-state index contributed by atoms with van der Waals surface area (Å²) in [5, 5.41) is 0. The van der Waals surface area contributed by atoms with E-state index >= 15 is 0 Å². The Bertz CT molecular complexity index is 567. The average molecular weight is 267 g/mol. The Balaban J connectivity index is 2.48. The van der Waals surface area contributed by atoms with Crippen LogP contribution in [0, 0.1) is 0 Å². The fourth-order valence-corrected chi connectivity index (χ4v) is 1.81. The van der Waals surface area contributed by atoms with Gasteiger partial charge in [0.1, 0.15) is 0 Å². The third kappa shape index (κ3) is 3.12. The Labute approximate surface area is 108 Å². The SMILES string of the molecule is COCc1ccccc1-c1cc(C(F)(F)F)ccn1. The highest BCUT2D eigenvalue weighted by Crippen LogP contribution is 2.32. The molecule has 0 N–H and O–H groups in total. The van der Waals surface area contributed by atoms with Crippen LogP contribution in [-0.4, -0.2) is 12.1 Å². The van der Waals surface area contributed by atoms with Crippen molar-refractivity contribution in [1.82, 2.24) is 4.98 Å². The van der Waals surface area contributed by atoms with E-state index in [2.05, 4.69) is 4.98 Å². The van der Waals surface area contributed by atoms with Gasteiger partial charge in [0.15, 0.2) is 0 Å². The zero-order chi connectivity index (χ0) is 13.9. The van der Waals surface area contributed by atoms with Gasteiger partial charge in [0.05, 0.1) is 17.9 Å². The number of halogens is 3. The van der Waals surface area contributed by atoms with E-state index in [-0.39, 0.29) is 0 Å². The van der Waals surface area contributed by atoms with E-state index in [1.807, 2.05) is 6.07 Å². The number of alkyl halides is 3. The highest BCUT2D eigenvalue weighted by Gasteiger charge is 2.30. The van der Waals surface area contributed by atoms with Crippen molar-refractivity contribution in [1.29, 1.82) is 0 Å². The molecule has 1 heterocycles. The summed E-state index contributed by atoms with van der Waals surface area (Å²) in [6, 6.07) is 9.12. The van der Waals surface area contributed by atoms with Gasteiger partial charge in [-0.2, -0.15) is 13.2 Å². The number of methoxy groups -OCH3 is 1. The van der Waals surface area contributed by atoms with Gasteiger partial charge in [0.25, 0.3) is 0 Å². The van der Waals surface area contributed by atoms with Crippen molar-refractivity contribution in [3.05, 3.63) is 53.7 Å². The van der Waals surface area contributed by atoms with Gasteiger partial charge >= 0.3 is 6.18 Å². The molecule has 2 nitrogen and oxygen atoms in total. The summed E-state index contributed by atoms with van der Waals surface area (Å²) in [5.74, 6) is 0. The number of ether oxygens (including phenoxy) is 1. The van der Waals surface area contributed by atoms with Gasteiger partial charge in [-0.3, -0.25) is 4.98 Å². The van der Waals surface area contributed by atoms with Crippen molar-refractivity contribution < 1.29 is 17.9 Å². The van der Waals surface area contributed by atoms with E-state index in [4.69, 9.17) is 4.74 Å². The van der Waals surface area contributed by atoms with Gasteiger partial charge in [0, 0.05) is 18.9 Å². The number of aromatic nitrogens is 1. The molecule has 0 saturated carbocycles. The third-order valence-corrected chi connectivity index (χ3v) is 2.68. The van der Waals surface area contributed by atoms with Crippen LogP contribution in [-0.2, 0) is 17.5 Å². The van der Waals surface area contributed by atoms with Crippen molar-refractivity contribution in [3.63, 3.8) is 0 Å². The lowest BCUT2D eigenvalue weighted by molar-refractivity contribution is -0.137. The average Bonchev–Trinajstić information content (AvgIpc) is 2.39. The van der Waals surface area contributed by atoms with Crippen molar-refractivity contribution in [2.45, 2.75) is 12.8 Å². The minimum absolute atomic E-state index is 0.294. The van der Waals surface area contributed by atoms with Gasteiger partial charge in [-0.15, -0.1) is 0 Å². The Morgan fingerprint density at radius 1 is 1.16 bits per heavy atom. The Kier molecular flexibility index (Phi) is 3.85. The lowest BCUT2D eigenvalue weighted by Crippen LogP contribution is -2.05. The maximum absolute atomic E-state index is 12.7. The van der Waals surface area contributed by atoms with E-state index in [1.165, 1.54) is 13.3 Å². The molecule has 1 aromatic heterocycles. The quantitative estimate of drug-likeness (QED) is 0.841. The van der Waals surface area contributed by atoms with Gasteiger partial charge in [-0.05, 0) is 17.7 Å². The molecule has 2 rings (SSSR count). The molecule has 0 spiro atoms. The number of pyridine rings is 1. The molecule has 19 heavy (non-hydrogen) atoms. The Morgan fingerprint density at radius 3 is 2.58 bits per heavy atom. The molecule has 0 aliphatic carbocycles. The molecular weight excluding hydrogens is 255 g/mol. The summed E-state index contributed by atoms with van der Waals surface area (Å²) in [5.41, 5.74) is 1.04. The fourth-order valence-electron chi connectivity index (χ4n) is 1.81. The lowest BCUT2D eigenvalue weighted by atomic mass is 10.0. The third-order valence-electron chi connectivity index (χ3n) is 2.68. The molecule has 0 aliphatic heterocycles. The van der Waals surface area contributed by atoms with Crippen molar-refractivity contribution >= 4 is 0 Å². The van der Waals surface area contributed by atoms with Gasteiger partial charge in [-0.25, -0.2) is 0 Å². The van der Waals surface area contributed by atoms with Crippen molar-refractivity contribution in [2.24, 2.45) is 0 Å². The van der Waals surface area contributed by atoms with E-state index in [0.29, 0.717) is 17.9 Å². The molecule has 100 valence electrons. The van der Waals surface area contributed by atoms with Crippen LogP contribution in [0.2, 0.25) is 0 Å². The first-order valence-electron chi connectivity index (χ1n) is 5.63. The molecule has 0 unspecified atom stereocenters. The van der Waals surface area contributed by atoms with Crippen LogP contribution in [0.15, 0.2) is 42.6 Å². The van der Waals surface area contributed by atoms with E-state index in [1.54, 1.807) is 18.2 Å². The van der Waals surface area contributed by atoms with Gasteiger partial charge in [-0.1, -0.05) is 24.3 Å². The molecular formula is C14H12F3NO. The van der Waals surface area contributed by atoms with E-state index < -0.39 is 11.7 Å². The van der Waals surface area contributed by atoms with Crippen LogP contribution >= 0.6 is 0 Å². The maximum Gasteiger partial charge on any atom is 0.416 e. The molecule has 0 amide bonds. The zero-order valence-electron chi connectivity index (χ0n) is 10.2. The molecule has 1 aromatic carbocycles. The van der Waals surface area contributed by atoms with Crippen molar-refractivity contribution in [3.8, 4) is 11.3 Å². The largest absolute Gasteiger partial charge is 0.416 e. The van der Waals surface area contributed by atoms with Crippen molar-refractivity contribution in [2.75, 3.05) is 7.11 Å². The minimum Gasteiger partial charge on any atom is -0.380 e. The molecule has 0 aliphatic rings. The normalized spacial score (nSPS) is 11.6. The van der Waals surface area contributed by atoms with Crippen LogP contribution in [0.3, 0.4) is 0 Å². The first kappa shape index (κ1) is 13.5. The first-order valence-corrected chi connectivity index (χ1v) is 5.63. The number of rotatable bonds is 3. The minimum atomic E-state index is -4.37. The van der Waals surface area contributed by atoms with Gasteiger partial charge in [0.2, 0.25) is 0 Å². The van der Waals surface area contributed by atoms with Crippen LogP contribution in [0.1, 0.15) is 11.1 Å². The second-order valence-corrected chi connectivity index (χ2v) is 4.02. The Hall–Kier alpha value is -1.88. The maximum atomic E-state index is 12.7. The molecule has 0 bridgehead atoms. The van der Waals surface area contributed by atoms with Crippen LogP contribution in [0.25, 0.3) is 11.3 Å². The van der Waals surface area contributed by atoms with Crippen LogP contribution < -0.4 is 0 Å². The Morgan fingerprint density at radius 2 is 1.89 bits per heavy atom. The smallest absolute Gasteiger partial charge is 0.380 e. The summed E-state index contributed by atoms with van der Waals surface area (Å²) < 4.78 is 43.1. The zero-order valence-corrected chi connectivity index (χ0v) is 10.2. The van der Waals surface area contributed by atoms with E-state index in [0.717, 1.165) is 17.7 Å².